The van der Waals surface area contributed by atoms with Crippen LogP contribution in [-0.2, 0) is 12.8 Å². The topological polar surface area (TPSA) is 49.3 Å². The number of benzene rings is 1. The summed E-state index contributed by atoms with van der Waals surface area (Å²) in [6.07, 6.45) is 6.01. The molecule has 19 heavy (non-hydrogen) atoms. The number of aliphatic hydroxyl groups is 1. The second-order valence-electron chi connectivity index (χ2n) is 5.88. The third kappa shape index (κ3) is 2.81. The zero-order chi connectivity index (χ0) is 13.2. The molecule has 2 aliphatic carbocycles. The summed E-state index contributed by atoms with van der Waals surface area (Å²) in [5.74, 6) is 0.462. The summed E-state index contributed by atoms with van der Waals surface area (Å²) in [4.78, 5) is 12.1. The van der Waals surface area contributed by atoms with Crippen LogP contribution < -0.4 is 5.32 Å². The van der Waals surface area contributed by atoms with E-state index in [2.05, 4.69) is 11.4 Å². The maximum absolute atomic E-state index is 12.1. The van der Waals surface area contributed by atoms with Crippen LogP contribution in [0.2, 0.25) is 0 Å². The van der Waals surface area contributed by atoms with Crippen molar-refractivity contribution in [2.45, 2.75) is 44.6 Å². The van der Waals surface area contributed by atoms with Gasteiger partial charge in [0.05, 0.1) is 6.10 Å². The van der Waals surface area contributed by atoms with Crippen molar-refractivity contribution in [3.63, 3.8) is 0 Å². The van der Waals surface area contributed by atoms with Gasteiger partial charge in [-0.05, 0) is 67.7 Å². The van der Waals surface area contributed by atoms with Gasteiger partial charge in [-0.2, -0.15) is 0 Å². The van der Waals surface area contributed by atoms with E-state index in [1.54, 1.807) is 0 Å². The van der Waals surface area contributed by atoms with Crippen molar-refractivity contribution in [1.82, 2.24) is 5.32 Å². The standard InChI is InChI=1S/C16H21NO2/c18-15-7-4-11(8-15)10-17-16(19)14-6-5-12-2-1-3-13(12)9-14/h5-6,9,11,15,18H,1-4,7-8,10H2,(H,17,19). The molecule has 0 aliphatic heterocycles. The molecule has 102 valence electrons. The molecule has 3 rings (SSSR count). The molecule has 0 bridgehead atoms. The average Bonchev–Trinajstić information content (AvgIpc) is 3.03. The number of nitrogens with one attached hydrogen (secondary N) is 1. The lowest BCUT2D eigenvalue weighted by atomic mass is 10.1. The van der Waals surface area contributed by atoms with Gasteiger partial charge in [0.2, 0.25) is 0 Å². The molecule has 1 fully saturated rings. The molecule has 1 amide bonds. The van der Waals surface area contributed by atoms with Gasteiger partial charge in [0.1, 0.15) is 0 Å². The van der Waals surface area contributed by atoms with E-state index in [0.717, 1.165) is 37.7 Å². The summed E-state index contributed by atoms with van der Waals surface area (Å²) in [6.45, 7) is 0.687. The number of amides is 1. The van der Waals surface area contributed by atoms with Crippen LogP contribution in [0.1, 0.15) is 47.2 Å². The highest BCUT2D eigenvalue weighted by Gasteiger charge is 2.23. The first-order valence-corrected chi connectivity index (χ1v) is 7.30. The summed E-state index contributed by atoms with van der Waals surface area (Å²) >= 11 is 0. The molecular formula is C16H21NO2. The maximum Gasteiger partial charge on any atom is 0.251 e. The van der Waals surface area contributed by atoms with Gasteiger partial charge in [0, 0.05) is 12.1 Å². The molecule has 2 atom stereocenters. The van der Waals surface area contributed by atoms with Crippen molar-refractivity contribution in [2.75, 3.05) is 6.54 Å². The Labute approximate surface area is 114 Å². The van der Waals surface area contributed by atoms with E-state index in [4.69, 9.17) is 0 Å². The molecule has 0 saturated heterocycles. The van der Waals surface area contributed by atoms with Crippen molar-refractivity contribution >= 4 is 5.91 Å². The third-order valence-electron chi connectivity index (χ3n) is 4.43. The second-order valence-corrected chi connectivity index (χ2v) is 5.88. The van der Waals surface area contributed by atoms with Gasteiger partial charge in [0.15, 0.2) is 0 Å². The van der Waals surface area contributed by atoms with E-state index in [-0.39, 0.29) is 12.0 Å². The summed E-state index contributed by atoms with van der Waals surface area (Å²) in [5, 5.41) is 12.5. The summed E-state index contributed by atoms with van der Waals surface area (Å²) in [5.41, 5.74) is 3.51. The van der Waals surface area contributed by atoms with Gasteiger partial charge >= 0.3 is 0 Å². The lowest BCUT2D eigenvalue weighted by Crippen LogP contribution is -2.28. The van der Waals surface area contributed by atoms with Crippen LogP contribution in [-0.4, -0.2) is 23.7 Å². The average molecular weight is 259 g/mol. The highest BCUT2D eigenvalue weighted by Crippen LogP contribution is 2.25. The van der Waals surface area contributed by atoms with Crippen LogP contribution in [0.3, 0.4) is 0 Å². The fourth-order valence-electron chi connectivity index (χ4n) is 3.29. The largest absolute Gasteiger partial charge is 0.393 e. The number of carbonyl (C=O) groups excluding carboxylic acids is 1. The predicted octanol–water partition coefficient (Wildman–Crippen LogP) is 2.07. The lowest BCUT2D eigenvalue weighted by Gasteiger charge is -2.11. The smallest absolute Gasteiger partial charge is 0.251 e. The monoisotopic (exact) mass is 259 g/mol. The van der Waals surface area contributed by atoms with E-state index in [0.29, 0.717) is 12.5 Å². The van der Waals surface area contributed by atoms with Gasteiger partial charge in [0.25, 0.3) is 5.91 Å². The fraction of sp³-hybridized carbons (Fsp3) is 0.562. The molecular weight excluding hydrogens is 238 g/mol. The number of rotatable bonds is 3. The summed E-state index contributed by atoms with van der Waals surface area (Å²) < 4.78 is 0. The number of aryl methyl sites for hydroxylation is 2. The normalized spacial score (nSPS) is 25.3. The van der Waals surface area contributed by atoms with E-state index >= 15 is 0 Å². The van der Waals surface area contributed by atoms with E-state index in [1.165, 1.54) is 17.5 Å². The highest BCUT2D eigenvalue weighted by atomic mass is 16.3. The molecule has 0 spiro atoms. The first kappa shape index (κ1) is 12.7. The lowest BCUT2D eigenvalue weighted by molar-refractivity contribution is 0.0945. The van der Waals surface area contributed by atoms with Gasteiger partial charge in [-0.1, -0.05) is 6.07 Å². The number of aliphatic hydroxyl groups excluding tert-OH is 1. The minimum atomic E-state index is -0.165. The first-order chi connectivity index (χ1) is 9.22. The molecule has 0 aromatic heterocycles. The van der Waals surface area contributed by atoms with Crippen LogP contribution in [0.25, 0.3) is 0 Å². The number of hydrogen-bond donors (Lipinski definition) is 2. The van der Waals surface area contributed by atoms with Crippen LogP contribution in [0, 0.1) is 5.92 Å². The fourth-order valence-corrected chi connectivity index (χ4v) is 3.29. The number of carbonyl (C=O) groups is 1. The molecule has 3 nitrogen and oxygen atoms in total. The van der Waals surface area contributed by atoms with Crippen molar-refractivity contribution in [1.29, 1.82) is 0 Å². The predicted molar refractivity (Wildman–Crippen MR) is 74.1 cm³/mol. The first-order valence-electron chi connectivity index (χ1n) is 7.30. The minimum absolute atomic E-state index is 0.0242. The van der Waals surface area contributed by atoms with Gasteiger partial charge in [-0.25, -0.2) is 0 Å². The molecule has 1 aromatic rings. The van der Waals surface area contributed by atoms with Crippen molar-refractivity contribution in [3.05, 3.63) is 34.9 Å². The van der Waals surface area contributed by atoms with Crippen molar-refractivity contribution in [2.24, 2.45) is 5.92 Å². The molecule has 2 N–H and O–H groups in total. The summed E-state index contributed by atoms with van der Waals surface area (Å²) in [6, 6.07) is 6.07. The van der Waals surface area contributed by atoms with Crippen LogP contribution in [0.5, 0.6) is 0 Å². The van der Waals surface area contributed by atoms with E-state index in [1.807, 2.05) is 12.1 Å². The van der Waals surface area contributed by atoms with Gasteiger partial charge in [-0.15, -0.1) is 0 Å². The quantitative estimate of drug-likeness (QED) is 0.873. The third-order valence-corrected chi connectivity index (χ3v) is 4.43. The molecule has 2 aliphatic rings. The Kier molecular flexibility index (Phi) is 3.56. The van der Waals surface area contributed by atoms with Crippen LogP contribution in [0.15, 0.2) is 18.2 Å². The molecule has 0 heterocycles. The van der Waals surface area contributed by atoms with Gasteiger partial charge in [-0.3, -0.25) is 4.79 Å². The van der Waals surface area contributed by atoms with Crippen LogP contribution in [0.4, 0.5) is 0 Å². The second kappa shape index (κ2) is 5.33. The number of hydrogen-bond acceptors (Lipinski definition) is 2. The Morgan fingerprint density at radius 3 is 2.89 bits per heavy atom. The Morgan fingerprint density at radius 1 is 1.26 bits per heavy atom. The Hall–Kier alpha value is -1.35. The zero-order valence-electron chi connectivity index (χ0n) is 11.2. The molecule has 1 saturated carbocycles. The minimum Gasteiger partial charge on any atom is -0.393 e. The highest BCUT2D eigenvalue weighted by molar-refractivity contribution is 5.94. The van der Waals surface area contributed by atoms with E-state index in [9.17, 15) is 9.90 Å². The Bertz CT molecular complexity index is 484. The van der Waals surface area contributed by atoms with Crippen LogP contribution >= 0.6 is 0 Å². The Morgan fingerprint density at radius 2 is 2.11 bits per heavy atom. The Balaban J connectivity index is 1.58. The summed E-state index contributed by atoms with van der Waals surface area (Å²) in [7, 11) is 0. The van der Waals surface area contributed by atoms with E-state index < -0.39 is 0 Å². The van der Waals surface area contributed by atoms with Crippen molar-refractivity contribution < 1.29 is 9.90 Å². The maximum atomic E-state index is 12.1. The zero-order valence-corrected chi connectivity index (χ0v) is 11.2. The molecule has 3 heteroatoms. The SMILES string of the molecule is O=C(NCC1CCC(O)C1)c1ccc2c(c1)CCC2. The molecule has 2 unspecified atom stereocenters. The molecule has 0 radical (unpaired) electrons. The number of fused-ring (bicyclic) bond motifs is 1. The van der Waals surface area contributed by atoms with Gasteiger partial charge < -0.3 is 10.4 Å². The van der Waals surface area contributed by atoms with Crippen molar-refractivity contribution in [3.8, 4) is 0 Å². The molecule has 1 aromatic carbocycles.